The van der Waals surface area contributed by atoms with Crippen molar-refractivity contribution in [3.05, 3.63) is 54.4 Å². The molecule has 3 aromatic rings. The second kappa shape index (κ2) is 5.03. The van der Waals surface area contributed by atoms with Gasteiger partial charge in [-0.05, 0) is 37.6 Å². The van der Waals surface area contributed by atoms with Gasteiger partial charge in [-0.25, -0.2) is 0 Å². The molecule has 0 saturated heterocycles. The number of pyridine rings is 1. The molecule has 0 N–H and O–H groups in total. The van der Waals surface area contributed by atoms with Crippen LogP contribution in [-0.4, -0.2) is 23.1 Å². The number of fused-ring (bicyclic) bond motifs is 1. The highest BCUT2D eigenvalue weighted by Gasteiger charge is 2.42. The molecule has 0 fully saturated rings. The van der Waals surface area contributed by atoms with E-state index in [4.69, 9.17) is 4.52 Å². The molecule has 24 heavy (non-hydrogen) atoms. The molecular weight excluding hydrogens is 302 g/mol. The van der Waals surface area contributed by atoms with Gasteiger partial charge >= 0.3 is 0 Å². The number of carbonyl (C=O) groups excluding carboxylic acids is 1. The van der Waals surface area contributed by atoms with Crippen molar-refractivity contribution in [1.29, 1.82) is 0 Å². The van der Waals surface area contributed by atoms with Crippen molar-refractivity contribution < 1.29 is 9.32 Å². The van der Waals surface area contributed by atoms with Crippen molar-refractivity contribution in [1.82, 2.24) is 10.1 Å². The van der Waals surface area contributed by atoms with Crippen LogP contribution < -0.4 is 4.90 Å². The van der Waals surface area contributed by atoms with E-state index in [0.717, 1.165) is 28.1 Å². The van der Waals surface area contributed by atoms with E-state index in [-0.39, 0.29) is 5.91 Å². The Morgan fingerprint density at radius 1 is 1.04 bits per heavy atom. The van der Waals surface area contributed by atoms with Gasteiger partial charge in [-0.1, -0.05) is 17.3 Å². The number of hydrogen-bond acceptors (Lipinski definition) is 4. The van der Waals surface area contributed by atoms with Gasteiger partial charge in [0.25, 0.3) is 0 Å². The fourth-order valence-corrected chi connectivity index (χ4v) is 3.20. The number of amides is 1. The average Bonchev–Trinajstić information content (AvgIpc) is 3.16. The first-order valence-electron chi connectivity index (χ1n) is 7.78. The Morgan fingerprint density at radius 3 is 2.54 bits per heavy atom. The summed E-state index contributed by atoms with van der Waals surface area (Å²) in [6.45, 7) is 3.91. The number of anilines is 1. The zero-order valence-electron chi connectivity index (χ0n) is 13.8. The smallest absolute Gasteiger partial charge is 0.236 e. The van der Waals surface area contributed by atoms with E-state index in [1.165, 1.54) is 0 Å². The van der Waals surface area contributed by atoms with Crippen molar-refractivity contribution in [2.45, 2.75) is 19.3 Å². The van der Waals surface area contributed by atoms with Gasteiger partial charge in [-0.3, -0.25) is 9.78 Å². The summed E-state index contributed by atoms with van der Waals surface area (Å²) < 4.78 is 5.46. The molecule has 2 aromatic heterocycles. The van der Waals surface area contributed by atoms with Gasteiger partial charge in [0, 0.05) is 42.3 Å². The van der Waals surface area contributed by atoms with Crippen LogP contribution in [0, 0.1) is 0 Å². The molecule has 1 aliphatic heterocycles. The summed E-state index contributed by atoms with van der Waals surface area (Å²) in [7, 11) is 1.81. The van der Waals surface area contributed by atoms with E-state index < -0.39 is 5.41 Å². The maximum Gasteiger partial charge on any atom is 0.236 e. The fourth-order valence-electron chi connectivity index (χ4n) is 3.20. The molecule has 5 heteroatoms. The molecule has 0 atom stereocenters. The van der Waals surface area contributed by atoms with Crippen molar-refractivity contribution >= 4 is 11.6 Å². The van der Waals surface area contributed by atoms with Crippen LogP contribution in [0.25, 0.3) is 22.6 Å². The predicted octanol–water partition coefficient (Wildman–Crippen LogP) is 3.66. The van der Waals surface area contributed by atoms with Gasteiger partial charge in [0.1, 0.15) is 5.69 Å². The molecule has 0 aliphatic carbocycles. The van der Waals surface area contributed by atoms with Gasteiger partial charge in [-0.15, -0.1) is 0 Å². The Kier molecular flexibility index (Phi) is 3.06. The standard InChI is InChI=1S/C19H17N3O2/c1-19(2)14-5-4-13(10-16(14)22(3)18(19)23)15-11-17(24-21-15)12-6-8-20-9-7-12/h4-11H,1-3H3. The number of aromatic nitrogens is 2. The van der Waals surface area contributed by atoms with Crippen LogP contribution in [0.3, 0.4) is 0 Å². The normalized spacial score (nSPS) is 15.6. The first-order chi connectivity index (χ1) is 11.5. The molecular formula is C19H17N3O2. The zero-order valence-corrected chi connectivity index (χ0v) is 13.8. The molecule has 0 unspecified atom stereocenters. The van der Waals surface area contributed by atoms with Crippen LogP contribution >= 0.6 is 0 Å². The highest BCUT2D eigenvalue weighted by atomic mass is 16.5. The molecule has 4 rings (SSSR count). The summed E-state index contributed by atoms with van der Waals surface area (Å²) in [5, 5.41) is 4.17. The largest absolute Gasteiger partial charge is 0.356 e. The summed E-state index contributed by atoms with van der Waals surface area (Å²) in [6.07, 6.45) is 3.44. The minimum Gasteiger partial charge on any atom is -0.356 e. The third-order valence-electron chi connectivity index (χ3n) is 4.64. The van der Waals surface area contributed by atoms with Crippen molar-refractivity contribution in [3.8, 4) is 22.6 Å². The first-order valence-corrected chi connectivity index (χ1v) is 7.78. The van der Waals surface area contributed by atoms with Crippen LogP contribution in [0.2, 0.25) is 0 Å². The molecule has 1 amide bonds. The Morgan fingerprint density at radius 2 is 1.79 bits per heavy atom. The van der Waals surface area contributed by atoms with Crippen LogP contribution in [0.5, 0.6) is 0 Å². The number of nitrogens with zero attached hydrogens (tertiary/aromatic N) is 3. The lowest BCUT2D eigenvalue weighted by atomic mass is 9.85. The Balaban J connectivity index is 1.75. The van der Waals surface area contributed by atoms with Gasteiger partial charge in [-0.2, -0.15) is 0 Å². The van der Waals surface area contributed by atoms with Crippen molar-refractivity contribution in [2.24, 2.45) is 0 Å². The van der Waals surface area contributed by atoms with E-state index in [2.05, 4.69) is 10.1 Å². The second-order valence-electron chi connectivity index (χ2n) is 6.53. The maximum absolute atomic E-state index is 12.4. The average molecular weight is 319 g/mol. The van der Waals surface area contributed by atoms with Crippen molar-refractivity contribution in [2.75, 3.05) is 11.9 Å². The van der Waals surface area contributed by atoms with Crippen LogP contribution in [-0.2, 0) is 10.2 Å². The monoisotopic (exact) mass is 319 g/mol. The summed E-state index contributed by atoms with van der Waals surface area (Å²) in [6, 6.07) is 11.6. The highest BCUT2D eigenvalue weighted by molar-refractivity contribution is 6.07. The highest BCUT2D eigenvalue weighted by Crippen LogP contribution is 2.42. The minimum atomic E-state index is -0.491. The molecule has 120 valence electrons. The summed E-state index contributed by atoms with van der Waals surface area (Å²) in [4.78, 5) is 18.1. The lowest BCUT2D eigenvalue weighted by Crippen LogP contribution is -2.33. The molecule has 1 aromatic carbocycles. The predicted molar refractivity (Wildman–Crippen MR) is 91.6 cm³/mol. The summed E-state index contributed by atoms with van der Waals surface area (Å²) in [5.74, 6) is 0.796. The number of benzene rings is 1. The number of carbonyl (C=O) groups is 1. The first kappa shape index (κ1) is 14.6. The number of hydrogen-bond donors (Lipinski definition) is 0. The molecule has 1 aliphatic rings. The molecule has 0 bridgehead atoms. The molecule has 0 spiro atoms. The van der Waals surface area contributed by atoms with Gasteiger partial charge in [0.2, 0.25) is 5.91 Å². The van der Waals surface area contributed by atoms with Gasteiger partial charge in [0.05, 0.1) is 5.41 Å². The van der Waals surface area contributed by atoms with E-state index in [1.54, 1.807) is 17.3 Å². The van der Waals surface area contributed by atoms with Gasteiger partial charge in [0.15, 0.2) is 5.76 Å². The Hall–Kier alpha value is -2.95. The quantitative estimate of drug-likeness (QED) is 0.723. The van der Waals surface area contributed by atoms with Crippen molar-refractivity contribution in [3.63, 3.8) is 0 Å². The van der Waals surface area contributed by atoms with Crippen LogP contribution in [0.15, 0.2) is 53.3 Å². The van der Waals surface area contributed by atoms with Crippen LogP contribution in [0.1, 0.15) is 19.4 Å². The molecule has 0 saturated carbocycles. The summed E-state index contributed by atoms with van der Waals surface area (Å²) in [5.41, 5.74) is 4.07. The second-order valence-corrected chi connectivity index (χ2v) is 6.53. The third kappa shape index (κ3) is 2.05. The zero-order chi connectivity index (χ0) is 16.9. The third-order valence-corrected chi connectivity index (χ3v) is 4.64. The van der Waals surface area contributed by atoms with Gasteiger partial charge < -0.3 is 9.42 Å². The van der Waals surface area contributed by atoms with E-state index >= 15 is 0 Å². The lowest BCUT2D eigenvalue weighted by Gasteiger charge is -2.16. The molecule has 5 nitrogen and oxygen atoms in total. The van der Waals surface area contributed by atoms with E-state index in [9.17, 15) is 4.79 Å². The fraction of sp³-hybridized carbons (Fsp3) is 0.211. The minimum absolute atomic E-state index is 0.104. The summed E-state index contributed by atoms with van der Waals surface area (Å²) >= 11 is 0. The van der Waals surface area contributed by atoms with Crippen LogP contribution in [0.4, 0.5) is 5.69 Å². The molecule has 3 heterocycles. The van der Waals surface area contributed by atoms with E-state index in [1.807, 2.05) is 57.3 Å². The lowest BCUT2D eigenvalue weighted by molar-refractivity contribution is -0.121. The Labute approximate surface area is 139 Å². The molecule has 0 radical (unpaired) electrons. The maximum atomic E-state index is 12.4. The SMILES string of the molecule is CN1C(=O)C(C)(C)c2ccc(-c3cc(-c4ccncc4)on3)cc21. The van der Waals surface area contributed by atoms with E-state index in [0.29, 0.717) is 5.76 Å². The number of rotatable bonds is 2. The Bertz CT molecular complexity index is 929. The topological polar surface area (TPSA) is 59.2 Å². The number of likely N-dealkylation sites (N-methyl/N-ethyl adjacent to an activating group) is 1.